The molecule has 4 rings (SSSR count). The van der Waals surface area contributed by atoms with Crippen LogP contribution in [-0.4, -0.2) is 36.0 Å². The molecule has 1 aliphatic heterocycles. The van der Waals surface area contributed by atoms with Crippen LogP contribution < -0.4 is 15.8 Å². The van der Waals surface area contributed by atoms with E-state index in [1.165, 1.54) is 6.07 Å². The Kier molecular flexibility index (Phi) is 6.49. The Hall–Kier alpha value is -2.51. The Morgan fingerprint density at radius 2 is 1.86 bits per heavy atom. The number of halogens is 3. The zero-order valence-electron chi connectivity index (χ0n) is 16.1. The lowest BCUT2D eigenvalue weighted by molar-refractivity contribution is 0.530. The maximum Gasteiger partial charge on any atom is 0.279 e. The van der Waals surface area contributed by atoms with Crippen molar-refractivity contribution in [2.45, 2.75) is 25.3 Å². The Labute approximate surface area is 173 Å². The van der Waals surface area contributed by atoms with E-state index in [1.807, 2.05) is 19.2 Å². The fraction of sp³-hybridized carbons (Fsp3) is 0.333. The van der Waals surface area contributed by atoms with E-state index in [0.29, 0.717) is 17.2 Å². The van der Waals surface area contributed by atoms with Gasteiger partial charge in [0.2, 0.25) is 0 Å². The van der Waals surface area contributed by atoms with Gasteiger partial charge >= 0.3 is 0 Å². The van der Waals surface area contributed by atoms with Crippen molar-refractivity contribution in [1.29, 1.82) is 0 Å². The van der Waals surface area contributed by atoms with Gasteiger partial charge in [-0.05, 0) is 38.1 Å². The third kappa shape index (κ3) is 4.11. The van der Waals surface area contributed by atoms with Crippen LogP contribution in [0.2, 0.25) is 0 Å². The maximum absolute atomic E-state index is 14.4. The summed E-state index contributed by atoms with van der Waals surface area (Å²) in [5, 5.41) is 9.06. The molecule has 1 N–H and O–H groups in total. The van der Waals surface area contributed by atoms with Gasteiger partial charge in [0.15, 0.2) is 11.6 Å². The molecule has 0 amide bonds. The topological polar surface area (TPSA) is 50.2 Å². The first-order valence-electron chi connectivity index (χ1n) is 9.48. The zero-order chi connectivity index (χ0) is 19.7. The summed E-state index contributed by atoms with van der Waals surface area (Å²) in [6.45, 7) is 1.55. The molecule has 0 aliphatic carbocycles. The summed E-state index contributed by atoms with van der Waals surface area (Å²) in [5.74, 6) is -0.874. The predicted molar refractivity (Wildman–Crippen MR) is 113 cm³/mol. The summed E-state index contributed by atoms with van der Waals surface area (Å²) >= 11 is 0. The molecule has 1 aromatic heterocycles. The highest BCUT2D eigenvalue weighted by molar-refractivity contribution is 5.91. The molecule has 0 spiro atoms. The zero-order valence-corrected chi connectivity index (χ0v) is 16.9. The maximum atomic E-state index is 14.4. The number of nitrogens with one attached hydrogen (secondary N) is 1. The highest BCUT2D eigenvalue weighted by Gasteiger charge is 2.22. The van der Waals surface area contributed by atoms with Crippen molar-refractivity contribution in [3.05, 3.63) is 64.5 Å². The lowest BCUT2D eigenvalue weighted by Gasteiger charge is -2.27. The number of rotatable bonds is 3. The molecule has 1 unspecified atom stereocenters. The molecule has 1 atom stereocenters. The van der Waals surface area contributed by atoms with Gasteiger partial charge in [-0.1, -0.05) is 24.6 Å². The predicted octanol–water partition coefficient (Wildman–Crippen LogP) is 3.66. The van der Waals surface area contributed by atoms with Gasteiger partial charge in [-0.15, -0.1) is 17.5 Å². The molecule has 2 aromatic carbocycles. The van der Waals surface area contributed by atoms with Gasteiger partial charge in [-0.3, -0.25) is 4.79 Å². The Bertz CT molecular complexity index is 1070. The number of nitrogens with zero attached hydrogens (tertiary/aromatic N) is 3. The minimum atomic E-state index is -0.820. The fourth-order valence-corrected chi connectivity index (χ4v) is 3.79. The second-order valence-corrected chi connectivity index (χ2v) is 7.11. The minimum Gasteiger partial charge on any atom is -0.353 e. The standard InChI is InChI=1S/C21H22F2N4O.ClH/c1-24-15-6-4-5-11-26(13-15)20-16-7-2-3-8-17(16)21(28)27(25-20)19-10-9-14(22)12-18(19)23;/h2-3,7-10,12,15,24H,4-6,11,13H2,1H3;1H. The number of anilines is 1. The molecule has 3 aromatic rings. The summed E-state index contributed by atoms with van der Waals surface area (Å²) in [7, 11) is 1.94. The van der Waals surface area contributed by atoms with E-state index < -0.39 is 17.2 Å². The normalized spacial score (nSPS) is 17.1. The number of benzene rings is 2. The Morgan fingerprint density at radius 3 is 2.59 bits per heavy atom. The van der Waals surface area contributed by atoms with E-state index in [1.54, 1.807) is 12.1 Å². The van der Waals surface area contributed by atoms with Gasteiger partial charge in [0.05, 0.1) is 5.39 Å². The first-order chi connectivity index (χ1) is 13.6. The van der Waals surface area contributed by atoms with E-state index in [4.69, 9.17) is 0 Å². The van der Waals surface area contributed by atoms with Gasteiger partial charge in [-0.25, -0.2) is 8.78 Å². The highest BCUT2D eigenvalue weighted by Crippen LogP contribution is 2.26. The van der Waals surface area contributed by atoms with Crippen molar-refractivity contribution in [2.75, 3.05) is 25.0 Å². The van der Waals surface area contributed by atoms with Crippen LogP contribution in [0.15, 0.2) is 47.3 Å². The molecule has 0 radical (unpaired) electrons. The van der Waals surface area contributed by atoms with Crippen LogP contribution in [0, 0.1) is 11.6 Å². The number of aromatic nitrogens is 2. The van der Waals surface area contributed by atoms with Crippen molar-refractivity contribution in [3.63, 3.8) is 0 Å². The summed E-state index contributed by atoms with van der Waals surface area (Å²) in [6, 6.07) is 10.7. The first-order valence-corrected chi connectivity index (χ1v) is 9.48. The van der Waals surface area contributed by atoms with E-state index in [9.17, 15) is 13.6 Å². The number of fused-ring (bicyclic) bond motifs is 1. The van der Waals surface area contributed by atoms with Crippen LogP contribution in [0.4, 0.5) is 14.6 Å². The number of hydrogen-bond donors (Lipinski definition) is 1. The van der Waals surface area contributed by atoms with E-state index in [2.05, 4.69) is 15.3 Å². The molecule has 5 nitrogen and oxygen atoms in total. The van der Waals surface area contributed by atoms with Gasteiger partial charge in [-0.2, -0.15) is 4.68 Å². The van der Waals surface area contributed by atoms with Crippen molar-refractivity contribution in [1.82, 2.24) is 15.1 Å². The van der Waals surface area contributed by atoms with Crippen LogP contribution in [0.1, 0.15) is 19.3 Å². The lowest BCUT2D eigenvalue weighted by Crippen LogP contribution is -2.39. The van der Waals surface area contributed by atoms with Crippen LogP contribution in [0.3, 0.4) is 0 Å². The monoisotopic (exact) mass is 420 g/mol. The van der Waals surface area contributed by atoms with Crippen LogP contribution in [-0.2, 0) is 0 Å². The lowest BCUT2D eigenvalue weighted by atomic mass is 10.1. The molecule has 154 valence electrons. The fourth-order valence-electron chi connectivity index (χ4n) is 3.79. The second-order valence-electron chi connectivity index (χ2n) is 7.11. The summed E-state index contributed by atoms with van der Waals surface area (Å²) < 4.78 is 28.8. The summed E-state index contributed by atoms with van der Waals surface area (Å²) in [6.07, 6.45) is 3.18. The molecule has 2 heterocycles. The molecule has 1 aliphatic rings. The van der Waals surface area contributed by atoms with Gasteiger partial charge in [0.25, 0.3) is 5.56 Å². The second kappa shape index (κ2) is 8.88. The number of likely N-dealkylation sites (N-methyl/N-ethyl adjacent to an activating group) is 1. The highest BCUT2D eigenvalue weighted by atomic mass is 35.5. The van der Waals surface area contributed by atoms with Crippen LogP contribution >= 0.6 is 12.4 Å². The molecular weight excluding hydrogens is 398 g/mol. The third-order valence-electron chi connectivity index (χ3n) is 5.30. The molecule has 1 fully saturated rings. The average molecular weight is 421 g/mol. The Morgan fingerprint density at radius 1 is 1.10 bits per heavy atom. The number of hydrogen-bond acceptors (Lipinski definition) is 4. The van der Waals surface area contributed by atoms with Crippen molar-refractivity contribution in [2.24, 2.45) is 0 Å². The first kappa shape index (κ1) is 21.2. The molecule has 0 bridgehead atoms. The molecule has 0 saturated carbocycles. The summed E-state index contributed by atoms with van der Waals surface area (Å²) in [5.41, 5.74) is -0.483. The molecule has 1 saturated heterocycles. The van der Waals surface area contributed by atoms with E-state index in [-0.39, 0.29) is 18.1 Å². The quantitative estimate of drug-likeness (QED) is 0.702. The molecular formula is C21H23ClF2N4O. The minimum absolute atomic E-state index is 0. The Balaban J connectivity index is 0.00000240. The summed E-state index contributed by atoms with van der Waals surface area (Å²) in [4.78, 5) is 15.1. The SMILES string of the molecule is CNC1CCCCN(c2nn(-c3ccc(F)cc3F)c(=O)c3ccccc23)C1.Cl. The van der Waals surface area contributed by atoms with Gasteiger partial charge in [0.1, 0.15) is 11.5 Å². The van der Waals surface area contributed by atoms with Gasteiger partial charge < -0.3 is 10.2 Å². The smallest absolute Gasteiger partial charge is 0.279 e. The van der Waals surface area contributed by atoms with Crippen LogP contribution in [0.5, 0.6) is 0 Å². The average Bonchev–Trinajstić information content (AvgIpc) is 2.95. The van der Waals surface area contributed by atoms with Crippen molar-refractivity contribution in [3.8, 4) is 5.69 Å². The van der Waals surface area contributed by atoms with Crippen LogP contribution in [0.25, 0.3) is 16.5 Å². The van der Waals surface area contributed by atoms with E-state index >= 15 is 0 Å². The largest absolute Gasteiger partial charge is 0.353 e. The van der Waals surface area contributed by atoms with Crippen molar-refractivity contribution >= 4 is 29.0 Å². The van der Waals surface area contributed by atoms with Gasteiger partial charge in [0, 0.05) is 30.6 Å². The van der Waals surface area contributed by atoms with E-state index in [0.717, 1.165) is 54.6 Å². The third-order valence-corrected chi connectivity index (χ3v) is 5.30. The molecule has 8 heteroatoms. The van der Waals surface area contributed by atoms with Crippen molar-refractivity contribution < 1.29 is 8.78 Å². The molecule has 29 heavy (non-hydrogen) atoms.